The molecule has 1 unspecified atom stereocenters. The van der Waals surface area contributed by atoms with Gasteiger partial charge in [-0.2, -0.15) is 16.7 Å². The van der Waals surface area contributed by atoms with Gasteiger partial charge in [-0.15, -0.1) is 0 Å². The van der Waals surface area contributed by atoms with Crippen LogP contribution in [0.3, 0.4) is 0 Å². The van der Waals surface area contributed by atoms with Crippen LogP contribution in [0.15, 0.2) is 15.1 Å². The Bertz CT molecular complexity index is 875. The van der Waals surface area contributed by atoms with Gasteiger partial charge in [0.05, 0.1) is 29.2 Å². The first kappa shape index (κ1) is 22.4. The molecular weight excluding hydrogens is 470 g/mol. The third kappa shape index (κ3) is 5.36. The Balaban J connectivity index is 2.23. The molecule has 11 heteroatoms. The monoisotopic (exact) mass is 489 g/mol. The van der Waals surface area contributed by atoms with E-state index in [2.05, 4.69) is 31.4 Å². The Morgan fingerprint density at radius 3 is 2.75 bits per heavy atom. The summed E-state index contributed by atoms with van der Waals surface area (Å²) < 4.78 is 15.7. The molecule has 2 N–H and O–H groups in total. The fourth-order valence-electron chi connectivity index (χ4n) is 2.42. The maximum Gasteiger partial charge on any atom is 0.339 e. The third-order valence-corrected chi connectivity index (χ3v) is 5.64. The van der Waals surface area contributed by atoms with Crippen molar-refractivity contribution in [2.24, 2.45) is 0 Å². The van der Waals surface area contributed by atoms with Gasteiger partial charge in [0.2, 0.25) is 5.89 Å². The highest BCUT2D eigenvalue weighted by molar-refractivity contribution is 9.10. The SMILES string of the molecule is COC(=O)c1c(Br)c(OC)cc(O)c1CSCC(NC(C)=S)c1nc(C)no1. The molecule has 1 aromatic carbocycles. The number of nitrogens with zero attached hydrogens (tertiary/aromatic N) is 2. The van der Waals surface area contributed by atoms with Crippen LogP contribution in [0.25, 0.3) is 0 Å². The largest absolute Gasteiger partial charge is 0.507 e. The third-order valence-electron chi connectivity index (χ3n) is 3.67. The van der Waals surface area contributed by atoms with E-state index < -0.39 is 5.97 Å². The average molecular weight is 490 g/mol. The predicted octanol–water partition coefficient (Wildman–Crippen LogP) is 3.55. The van der Waals surface area contributed by atoms with Crippen molar-refractivity contribution in [3.63, 3.8) is 0 Å². The van der Waals surface area contributed by atoms with Gasteiger partial charge in [0.25, 0.3) is 0 Å². The van der Waals surface area contributed by atoms with E-state index in [1.54, 1.807) is 13.8 Å². The van der Waals surface area contributed by atoms with E-state index in [-0.39, 0.29) is 17.4 Å². The van der Waals surface area contributed by atoms with Gasteiger partial charge in [0, 0.05) is 23.1 Å². The van der Waals surface area contributed by atoms with Crippen LogP contribution in [0.2, 0.25) is 0 Å². The van der Waals surface area contributed by atoms with Gasteiger partial charge in [0.15, 0.2) is 5.82 Å². The fraction of sp³-hybridized carbons (Fsp3) is 0.412. The number of carbonyl (C=O) groups is 1. The van der Waals surface area contributed by atoms with E-state index >= 15 is 0 Å². The topological polar surface area (TPSA) is 107 Å². The minimum absolute atomic E-state index is 0.0582. The Labute approximate surface area is 180 Å². The summed E-state index contributed by atoms with van der Waals surface area (Å²) in [6, 6.07) is 1.15. The van der Waals surface area contributed by atoms with E-state index in [0.29, 0.717) is 44.0 Å². The zero-order valence-corrected chi connectivity index (χ0v) is 19.0. The number of carbonyl (C=O) groups excluding carboxylic acids is 1. The van der Waals surface area contributed by atoms with Gasteiger partial charge in [-0.1, -0.05) is 17.4 Å². The molecule has 0 aliphatic heterocycles. The summed E-state index contributed by atoms with van der Waals surface area (Å²) in [4.78, 5) is 17.1. The number of esters is 1. The lowest BCUT2D eigenvalue weighted by atomic mass is 10.1. The number of aromatic nitrogens is 2. The Morgan fingerprint density at radius 1 is 1.50 bits per heavy atom. The Kier molecular flexibility index (Phi) is 8.08. The maximum atomic E-state index is 12.3. The van der Waals surface area contributed by atoms with Crippen LogP contribution in [-0.2, 0) is 10.5 Å². The van der Waals surface area contributed by atoms with Crippen molar-refractivity contribution < 1.29 is 23.9 Å². The smallest absolute Gasteiger partial charge is 0.339 e. The second-order valence-corrected chi connectivity index (χ2v) is 8.14. The molecule has 8 nitrogen and oxygen atoms in total. The number of phenols is 1. The number of hydrogen-bond donors (Lipinski definition) is 2. The van der Waals surface area contributed by atoms with Crippen molar-refractivity contribution in [3.8, 4) is 11.5 Å². The predicted molar refractivity (Wildman–Crippen MR) is 113 cm³/mol. The zero-order valence-electron chi connectivity index (χ0n) is 15.7. The number of ether oxygens (including phenoxy) is 2. The molecule has 0 amide bonds. The molecule has 1 heterocycles. The molecule has 0 bridgehead atoms. The Hall–Kier alpha value is -1.85. The van der Waals surface area contributed by atoms with Crippen LogP contribution in [0.4, 0.5) is 0 Å². The highest BCUT2D eigenvalue weighted by Crippen LogP contribution is 2.39. The first-order chi connectivity index (χ1) is 13.3. The first-order valence-corrected chi connectivity index (χ1v) is 10.5. The molecule has 1 atom stereocenters. The number of rotatable bonds is 8. The number of phenolic OH excluding ortho intramolecular Hbond substituents is 1. The number of hydrogen-bond acceptors (Lipinski definition) is 9. The van der Waals surface area contributed by atoms with E-state index in [1.165, 1.54) is 32.0 Å². The minimum atomic E-state index is -0.575. The van der Waals surface area contributed by atoms with Crippen molar-refractivity contribution >= 4 is 50.9 Å². The van der Waals surface area contributed by atoms with E-state index in [0.717, 1.165) is 0 Å². The number of halogens is 1. The van der Waals surface area contributed by atoms with Crippen molar-refractivity contribution in [1.29, 1.82) is 0 Å². The highest BCUT2D eigenvalue weighted by atomic mass is 79.9. The molecule has 0 aliphatic carbocycles. The van der Waals surface area contributed by atoms with Crippen molar-refractivity contribution in [3.05, 3.63) is 33.4 Å². The molecule has 2 aromatic rings. The molecule has 0 spiro atoms. The van der Waals surface area contributed by atoms with Crippen LogP contribution in [0.5, 0.6) is 11.5 Å². The number of methoxy groups -OCH3 is 2. The number of benzene rings is 1. The zero-order chi connectivity index (χ0) is 20.8. The van der Waals surface area contributed by atoms with E-state index in [4.69, 9.17) is 26.2 Å². The summed E-state index contributed by atoms with van der Waals surface area (Å²) in [7, 11) is 2.73. The number of nitrogens with one attached hydrogen (secondary N) is 1. The average Bonchev–Trinajstić information content (AvgIpc) is 3.08. The maximum absolute atomic E-state index is 12.3. The lowest BCUT2D eigenvalue weighted by molar-refractivity contribution is 0.0597. The molecule has 0 radical (unpaired) electrons. The molecule has 0 saturated heterocycles. The number of thioether (sulfide) groups is 1. The summed E-state index contributed by atoms with van der Waals surface area (Å²) in [5.74, 6) is 1.50. The standard InChI is InChI=1S/C17H20BrN3O5S2/c1-8-19-16(26-21-8)11(20-9(2)27)7-28-6-10-12(22)5-13(24-3)15(18)14(10)17(23)25-4/h5,11,22H,6-7H2,1-4H3,(H,20,27). The van der Waals surface area contributed by atoms with E-state index in [9.17, 15) is 9.90 Å². The van der Waals surface area contributed by atoms with Gasteiger partial charge in [-0.05, 0) is 29.8 Å². The van der Waals surface area contributed by atoms with Crippen molar-refractivity contribution in [2.45, 2.75) is 25.6 Å². The van der Waals surface area contributed by atoms with Crippen LogP contribution in [0, 0.1) is 6.92 Å². The molecule has 2 rings (SSSR count). The number of thiocarbonyl (C=S) groups is 1. The normalized spacial score (nSPS) is 11.8. The van der Waals surface area contributed by atoms with Gasteiger partial charge >= 0.3 is 5.97 Å². The van der Waals surface area contributed by atoms with Crippen molar-refractivity contribution in [2.75, 3.05) is 20.0 Å². The quantitative estimate of drug-likeness (QED) is 0.422. The van der Waals surface area contributed by atoms with Gasteiger partial charge < -0.3 is 24.4 Å². The second kappa shape index (κ2) is 10.1. The van der Waals surface area contributed by atoms with Gasteiger partial charge in [-0.25, -0.2) is 4.79 Å². The number of aromatic hydroxyl groups is 1. The summed E-state index contributed by atoms with van der Waals surface area (Å²) in [5.41, 5.74) is 0.653. The van der Waals surface area contributed by atoms with Crippen molar-refractivity contribution in [1.82, 2.24) is 15.5 Å². The summed E-state index contributed by atoms with van der Waals surface area (Å²) in [6.45, 7) is 3.50. The lowest BCUT2D eigenvalue weighted by Gasteiger charge is -2.17. The van der Waals surface area contributed by atoms with Crippen LogP contribution < -0.4 is 10.1 Å². The molecule has 152 valence electrons. The molecular formula is C17H20BrN3O5S2. The molecule has 0 saturated carbocycles. The van der Waals surface area contributed by atoms with Crippen LogP contribution in [-0.4, -0.2) is 46.2 Å². The minimum Gasteiger partial charge on any atom is -0.507 e. The summed E-state index contributed by atoms with van der Waals surface area (Å²) in [5, 5.41) is 17.3. The van der Waals surface area contributed by atoms with Gasteiger partial charge in [0.1, 0.15) is 17.5 Å². The molecule has 0 aliphatic rings. The second-order valence-electron chi connectivity index (χ2n) is 5.71. The first-order valence-electron chi connectivity index (χ1n) is 8.10. The summed E-state index contributed by atoms with van der Waals surface area (Å²) >= 11 is 9.94. The fourth-order valence-corrected chi connectivity index (χ4v) is 4.32. The molecule has 0 fully saturated rings. The van der Waals surface area contributed by atoms with Crippen LogP contribution >= 0.6 is 39.9 Å². The highest BCUT2D eigenvalue weighted by Gasteiger charge is 2.24. The van der Waals surface area contributed by atoms with E-state index in [1.807, 2.05) is 0 Å². The number of aryl methyl sites for hydroxylation is 1. The summed E-state index contributed by atoms with van der Waals surface area (Å²) in [6.07, 6.45) is 0. The molecule has 28 heavy (non-hydrogen) atoms. The Morgan fingerprint density at radius 2 is 2.21 bits per heavy atom. The lowest BCUT2D eigenvalue weighted by Crippen LogP contribution is -2.27. The van der Waals surface area contributed by atoms with Crippen LogP contribution in [0.1, 0.15) is 40.6 Å². The van der Waals surface area contributed by atoms with Gasteiger partial charge in [-0.3, -0.25) is 0 Å². The molecule has 1 aromatic heterocycles.